The molecule has 1 aliphatic heterocycles. The predicted octanol–water partition coefficient (Wildman–Crippen LogP) is 2.29. The largest absolute Gasteiger partial charge is 0.492 e. The standard InChI is InChI=1S/C17H28N2O2/c1-3-19(14-17-5-4-11-20-17)10-12-21-16-8-6-15(7-9-16)13-18-2/h6-9,17-18H,3-5,10-14H2,1-2H3. The minimum absolute atomic E-state index is 0.422. The van der Waals surface area contributed by atoms with E-state index in [-0.39, 0.29) is 0 Å². The molecule has 118 valence electrons. The predicted molar refractivity (Wildman–Crippen MR) is 85.8 cm³/mol. The molecular formula is C17H28N2O2. The van der Waals surface area contributed by atoms with Crippen molar-refractivity contribution in [1.29, 1.82) is 0 Å². The third-order valence-electron chi connectivity index (χ3n) is 3.91. The van der Waals surface area contributed by atoms with Crippen LogP contribution in [0.4, 0.5) is 0 Å². The molecule has 1 fully saturated rings. The summed E-state index contributed by atoms with van der Waals surface area (Å²) in [6, 6.07) is 8.30. The molecule has 0 spiro atoms. The van der Waals surface area contributed by atoms with Gasteiger partial charge in [0.2, 0.25) is 0 Å². The summed E-state index contributed by atoms with van der Waals surface area (Å²) in [6.45, 7) is 7.77. The van der Waals surface area contributed by atoms with Gasteiger partial charge >= 0.3 is 0 Å². The third kappa shape index (κ3) is 5.65. The Kier molecular flexibility index (Phi) is 7.00. The first-order valence-corrected chi connectivity index (χ1v) is 8.02. The van der Waals surface area contributed by atoms with E-state index in [2.05, 4.69) is 29.3 Å². The molecule has 4 nitrogen and oxygen atoms in total. The molecule has 1 aromatic carbocycles. The van der Waals surface area contributed by atoms with Gasteiger partial charge in [0.25, 0.3) is 0 Å². The van der Waals surface area contributed by atoms with Crippen LogP contribution in [0.1, 0.15) is 25.3 Å². The van der Waals surface area contributed by atoms with Crippen LogP contribution < -0.4 is 10.1 Å². The number of hydrogen-bond donors (Lipinski definition) is 1. The highest BCUT2D eigenvalue weighted by atomic mass is 16.5. The van der Waals surface area contributed by atoms with Gasteiger partial charge in [-0.2, -0.15) is 0 Å². The Morgan fingerprint density at radius 2 is 2.14 bits per heavy atom. The van der Waals surface area contributed by atoms with Crippen LogP contribution in [0.2, 0.25) is 0 Å². The smallest absolute Gasteiger partial charge is 0.119 e. The maximum atomic E-state index is 5.83. The highest BCUT2D eigenvalue weighted by molar-refractivity contribution is 5.27. The molecule has 0 aliphatic carbocycles. The Morgan fingerprint density at radius 3 is 2.76 bits per heavy atom. The van der Waals surface area contributed by atoms with Gasteiger partial charge in [0.1, 0.15) is 12.4 Å². The van der Waals surface area contributed by atoms with Gasteiger partial charge in [-0.3, -0.25) is 4.90 Å². The van der Waals surface area contributed by atoms with E-state index >= 15 is 0 Å². The summed E-state index contributed by atoms with van der Waals surface area (Å²) in [7, 11) is 1.96. The molecule has 4 heteroatoms. The first kappa shape index (κ1) is 16.3. The summed E-state index contributed by atoms with van der Waals surface area (Å²) < 4.78 is 11.5. The van der Waals surface area contributed by atoms with E-state index in [1.165, 1.54) is 18.4 Å². The third-order valence-corrected chi connectivity index (χ3v) is 3.91. The van der Waals surface area contributed by atoms with E-state index in [1.807, 2.05) is 19.2 Å². The van der Waals surface area contributed by atoms with Crippen molar-refractivity contribution in [3.63, 3.8) is 0 Å². The quantitative estimate of drug-likeness (QED) is 0.757. The number of likely N-dealkylation sites (N-methyl/N-ethyl adjacent to an activating group) is 1. The fourth-order valence-electron chi connectivity index (χ4n) is 2.66. The number of nitrogens with zero attached hydrogens (tertiary/aromatic N) is 1. The Hall–Kier alpha value is -1.10. The fraction of sp³-hybridized carbons (Fsp3) is 0.647. The second-order valence-corrected chi connectivity index (χ2v) is 5.55. The van der Waals surface area contributed by atoms with Crippen molar-refractivity contribution in [3.05, 3.63) is 29.8 Å². The lowest BCUT2D eigenvalue weighted by Gasteiger charge is -2.23. The number of benzene rings is 1. The number of nitrogens with one attached hydrogen (secondary N) is 1. The minimum Gasteiger partial charge on any atom is -0.492 e. The fourth-order valence-corrected chi connectivity index (χ4v) is 2.66. The van der Waals surface area contributed by atoms with E-state index in [0.717, 1.165) is 45.1 Å². The Bertz CT molecular complexity index is 388. The molecule has 1 N–H and O–H groups in total. The summed E-state index contributed by atoms with van der Waals surface area (Å²) in [6.07, 6.45) is 2.83. The van der Waals surface area contributed by atoms with Gasteiger partial charge in [-0.15, -0.1) is 0 Å². The van der Waals surface area contributed by atoms with Crippen LogP contribution in [0, 0.1) is 0 Å². The second kappa shape index (κ2) is 9.03. The molecule has 0 aromatic heterocycles. The number of hydrogen-bond acceptors (Lipinski definition) is 4. The zero-order valence-electron chi connectivity index (χ0n) is 13.3. The van der Waals surface area contributed by atoms with Gasteiger partial charge in [0.15, 0.2) is 0 Å². The zero-order valence-corrected chi connectivity index (χ0v) is 13.3. The lowest BCUT2D eigenvalue weighted by Crippen LogP contribution is -2.35. The van der Waals surface area contributed by atoms with Crippen molar-refractivity contribution in [3.8, 4) is 5.75 Å². The average molecular weight is 292 g/mol. The topological polar surface area (TPSA) is 33.7 Å². The average Bonchev–Trinajstić information content (AvgIpc) is 3.01. The van der Waals surface area contributed by atoms with Crippen LogP contribution in [0.25, 0.3) is 0 Å². The normalized spacial score (nSPS) is 18.3. The highest BCUT2D eigenvalue weighted by Crippen LogP contribution is 2.14. The minimum atomic E-state index is 0.422. The van der Waals surface area contributed by atoms with Gasteiger partial charge in [-0.05, 0) is 44.1 Å². The number of ether oxygens (including phenoxy) is 2. The molecule has 2 rings (SSSR count). The second-order valence-electron chi connectivity index (χ2n) is 5.55. The zero-order chi connectivity index (χ0) is 14.9. The SMILES string of the molecule is CCN(CCOc1ccc(CNC)cc1)CC1CCCO1. The van der Waals surface area contributed by atoms with E-state index in [9.17, 15) is 0 Å². The Balaban J connectivity index is 1.68. The molecule has 0 bridgehead atoms. The van der Waals surface area contributed by atoms with Gasteiger partial charge in [0.05, 0.1) is 6.10 Å². The molecule has 1 aliphatic rings. The summed E-state index contributed by atoms with van der Waals surface area (Å²) in [5.74, 6) is 0.947. The summed E-state index contributed by atoms with van der Waals surface area (Å²) >= 11 is 0. The van der Waals surface area contributed by atoms with Crippen molar-refractivity contribution in [1.82, 2.24) is 10.2 Å². The van der Waals surface area contributed by atoms with Crippen molar-refractivity contribution in [2.24, 2.45) is 0 Å². The van der Waals surface area contributed by atoms with Crippen molar-refractivity contribution in [2.45, 2.75) is 32.4 Å². The lowest BCUT2D eigenvalue weighted by molar-refractivity contribution is 0.0701. The van der Waals surface area contributed by atoms with E-state index < -0.39 is 0 Å². The Morgan fingerprint density at radius 1 is 1.33 bits per heavy atom. The molecule has 1 unspecified atom stereocenters. The maximum absolute atomic E-state index is 5.83. The highest BCUT2D eigenvalue weighted by Gasteiger charge is 2.18. The van der Waals surface area contributed by atoms with Gasteiger partial charge in [0, 0.05) is 26.2 Å². The molecule has 1 atom stereocenters. The summed E-state index contributed by atoms with van der Waals surface area (Å²) in [5.41, 5.74) is 1.28. The molecular weight excluding hydrogens is 264 g/mol. The van der Waals surface area contributed by atoms with Gasteiger partial charge < -0.3 is 14.8 Å². The molecule has 1 saturated heterocycles. The molecule has 21 heavy (non-hydrogen) atoms. The number of rotatable bonds is 9. The molecule has 1 aromatic rings. The van der Waals surface area contributed by atoms with Crippen LogP contribution in [-0.2, 0) is 11.3 Å². The monoisotopic (exact) mass is 292 g/mol. The molecule has 0 saturated carbocycles. The molecule has 0 amide bonds. The van der Waals surface area contributed by atoms with Gasteiger partial charge in [-0.25, -0.2) is 0 Å². The molecule has 1 heterocycles. The van der Waals surface area contributed by atoms with Crippen LogP contribution in [0.15, 0.2) is 24.3 Å². The summed E-state index contributed by atoms with van der Waals surface area (Å²) in [5, 5.41) is 3.14. The maximum Gasteiger partial charge on any atom is 0.119 e. The molecule has 0 radical (unpaired) electrons. The van der Waals surface area contributed by atoms with E-state index in [0.29, 0.717) is 6.10 Å². The van der Waals surface area contributed by atoms with Crippen LogP contribution in [-0.4, -0.2) is 50.9 Å². The summed E-state index contributed by atoms with van der Waals surface area (Å²) in [4.78, 5) is 2.41. The van der Waals surface area contributed by atoms with Crippen LogP contribution in [0.3, 0.4) is 0 Å². The van der Waals surface area contributed by atoms with Crippen molar-refractivity contribution >= 4 is 0 Å². The van der Waals surface area contributed by atoms with Crippen molar-refractivity contribution in [2.75, 3.05) is 39.9 Å². The van der Waals surface area contributed by atoms with E-state index in [1.54, 1.807) is 0 Å². The lowest BCUT2D eigenvalue weighted by atomic mass is 10.2. The van der Waals surface area contributed by atoms with Crippen LogP contribution in [0.5, 0.6) is 5.75 Å². The Labute approximate surface area is 128 Å². The first-order valence-electron chi connectivity index (χ1n) is 8.02. The van der Waals surface area contributed by atoms with Gasteiger partial charge in [-0.1, -0.05) is 19.1 Å². The van der Waals surface area contributed by atoms with E-state index in [4.69, 9.17) is 9.47 Å². The first-order chi connectivity index (χ1) is 10.3. The van der Waals surface area contributed by atoms with Crippen molar-refractivity contribution < 1.29 is 9.47 Å². The van der Waals surface area contributed by atoms with Crippen LogP contribution >= 0.6 is 0 Å².